The molecule has 0 saturated carbocycles. The number of esters is 1. The third-order valence-corrected chi connectivity index (χ3v) is 5.92. The summed E-state index contributed by atoms with van der Waals surface area (Å²) in [7, 11) is -2.63. The summed E-state index contributed by atoms with van der Waals surface area (Å²) in [4.78, 5) is 34.7. The minimum atomic E-state index is -3.95. The SMILES string of the molecule is COc1ccc([N+](=O)[O-])cc1NC(=O)C(C)OC(=O)CNS(=O)(=O)c1ccc(C)c(C)c1. The topological polar surface area (TPSA) is 154 Å². The van der Waals surface area contributed by atoms with E-state index < -0.39 is 39.5 Å². The first-order valence-corrected chi connectivity index (χ1v) is 10.8. The number of amides is 1. The number of nitrogens with zero attached hydrogens (tertiary/aromatic N) is 1. The quantitative estimate of drug-likeness (QED) is 0.324. The summed E-state index contributed by atoms with van der Waals surface area (Å²) >= 11 is 0. The van der Waals surface area contributed by atoms with Gasteiger partial charge in [0, 0.05) is 12.1 Å². The molecular weight excluding hydrogens is 442 g/mol. The van der Waals surface area contributed by atoms with Gasteiger partial charge in [-0.25, -0.2) is 8.42 Å². The van der Waals surface area contributed by atoms with Crippen LogP contribution in [0.1, 0.15) is 18.1 Å². The number of carbonyl (C=O) groups excluding carboxylic acids is 2. The van der Waals surface area contributed by atoms with E-state index in [0.717, 1.165) is 17.2 Å². The maximum absolute atomic E-state index is 12.4. The number of rotatable bonds is 9. The zero-order valence-corrected chi connectivity index (χ0v) is 18.7. The van der Waals surface area contributed by atoms with Crippen LogP contribution in [0.5, 0.6) is 5.75 Å². The summed E-state index contributed by atoms with van der Waals surface area (Å²) in [5, 5.41) is 13.3. The number of methoxy groups -OCH3 is 1. The lowest BCUT2D eigenvalue weighted by Gasteiger charge is -2.15. The average molecular weight is 465 g/mol. The molecule has 172 valence electrons. The standard InChI is InChI=1S/C20H23N3O8S/c1-12-5-7-16(9-13(12)2)32(28,29)21-11-19(24)31-14(3)20(25)22-17-10-15(23(26)27)6-8-18(17)30-4/h5-10,14,21H,11H2,1-4H3,(H,22,25). The number of hydrogen-bond donors (Lipinski definition) is 2. The van der Waals surface area contributed by atoms with E-state index in [1.165, 1.54) is 38.3 Å². The normalized spacial score (nSPS) is 12.0. The van der Waals surface area contributed by atoms with Crippen LogP contribution in [-0.2, 0) is 24.3 Å². The predicted molar refractivity (Wildman–Crippen MR) is 115 cm³/mol. The van der Waals surface area contributed by atoms with Crippen LogP contribution in [0.2, 0.25) is 0 Å². The first kappa shape index (κ1) is 24.8. The number of carbonyl (C=O) groups is 2. The summed E-state index contributed by atoms with van der Waals surface area (Å²) in [6.45, 7) is 4.19. The molecule has 0 fully saturated rings. The second-order valence-electron chi connectivity index (χ2n) is 6.83. The minimum Gasteiger partial charge on any atom is -0.495 e. The fourth-order valence-corrected chi connectivity index (χ4v) is 3.61. The lowest BCUT2D eigenvalue weighted by Crippen LogP contribution is -2.36. The van der Waals surface area contributed by atoms with Gasteiger partial charge in [-0.2, -0.15) is 4.72 Å². The van der Waals surface area contributed by atoms with E-state index in [2.05, 4.69) is 10.0 Å². The van der Waals surface area contributed by atoms with E-state index in [4.69, 9.17) is 9.47 Å². The van der Waals surface area contributed by atoms with E-state index in [1.54, 1.807) is 13.0 Å². The Kier molecular flexibility index (Phi) is 7.89. The summed E-state index contributed by atoms with van der Waals surface area (Å²) in [5.74, 6) is -1.59. The maximum atomic E-state index is 12.4. The summed E-state index contributed by atoms with van der Waals surface area (Å²) in [6.07, 6.45) is -1.31. The van der Waals surface area contributed by atoms with Crippen molar-refractivity contribution in [2.45, 2.75) is 31.8 Å². The second-order valence-corrected chi connectivity index (χ2v) is 8.60. The van der Waals surface area contributed by atoms with Crippen molar-refractivity contribution in [1.82, 2.24) is 4.72 Å². The summed E-state index contributed by atoms with van der Waals surface area (Å²) < 4.78 is 36.8. The molecule has 0 aliphatic heterocycles. The lowest BCUT2D eigenvalue weighted by atomic mass is 10.1. The van der Waals surface area contributed by atoms with Gasteiger partial charge in [0.25, 0.3) is 11.6 Å². The molecule has 2 rings (SSSR count). The molecule has 2 aromatic carbocycles. The smallest absolute Gasteiger partial charge is 0.321 e. The molecule has 2 N–H and O–H groups in total. The molecule has 12 heteroatoms. The molecule has 2 aromatic rings. The van der Waals surface area contributed by atoms with Gasteiger partial charge in [-0.15, -0.1) is 0 Å². The van der Waals surface area contributed by atoms with Gasteiger partial charge < -0.3 is 14.8 Å². The molecule has 11 nitrogen and oxygen atoms in total. The maximum Gasteiger partial charge on any atom is 0.321 e. The van der Waals surface area contributed by atoms with Gasteiger partial charge in [-0.05, 0) is 50.1 Å². The van der Waals surface area contributed by atoms with Crippen molar-refractivity contribution in [2.24, 2.45) is 0 Å². The molecule has 0 aliphatic rings. The highest BCUT2D eigenvalue weighted by Gasteiger charge is 2.22. The van der Waals surface area contributed by atoms with Crippen molar-refractivity contribution in [3.05, 3.63) is 57.6 Å². The van der Waals surface area contributed by atoms with Crippen LogP contribution in [0.15, 0.2) is 41.3 Å². The van der Waals surface area contributed by atoms with E-state index in [-0.39, 0.29) is 22.0 Å². The molecule has 0 saturated heterocycles. The minimum absolute atomic E-state index is 0.00282. The predicted octanol–water partition coefficient (Wildman–Crippen LogP) is 2.07. The van der Waals surface area contributed by atoms with Crippen LogP contribution < -0.4 is 14.8 Å². The van der Waals surface area contributed by atoms with E-state index >= 15 is 0 Å². The van der Waals surface area contributed by atoms with Crippen molar-refractivity contribution >= 4 is 33.3 Å². The van der Waals surface area contributed by atoms with E-state index in [9.17, 15) is 28.1 Å². The Morgan fingerprint density at radius 3 is 2.41 bits per heavy atom. The highest BCUT2D eigenvalue weighted by molar-refractivity contribution is 7.89. The average Bonchev–Trinajstić information content (AvgIpc) is 2.74. The number of nitro groups is 1. The zero-order valence-electron chi connectivity index (χ0n) is 17.9. The van der Waals surface area contributed by atoms with Crippen LogP contribution in [0, 0.1) is 24.0 Å². The van der Waals surface area contributed by atoms with Gasteiger partial charge in [0.1, 0.15) is 12.3 Å². The molecule has 1 unspecified atom stereocenters. The molecule has 1 atom stereocenters. The Morgan fingerprint density at radius 2 is 1.81 bits per heavy atom. The van der Waals surface area contributed by atoms with Crippen LogP contribution in [-0.4, -0.2) is 45.0 Å². The van der Waals surface area contributed by atoms with Gasteiger partial charge in [-0.1, -0.05) is 6.07 Å². The molecule has 0 heterocycles. The van der Waals surface area contributed by atoms with Crippen LogP contribution >= 0.6 is 0 Å². The fourth-order valence-electron chi connectivity index (χ4n) is 2.55. The Balaban J connectivity index is 1.98. The highest BCUT2D eigenvalue weighted by Crippen LogP contribution is 2.29. The Hall–Kier alpha value is -3.51. The fraction of sp³-hybridized carbons (Fsp3) is 0.300. The molecule has 32 heavy (non-hydrogen) atoms. The first-order chi connectivity index (χ1) is 14.9. The molecule has 0 bridgehead atoms. The van der Waals surface area contributed by atoms with Crippen LogP contribution in [0.25, 0.3) is 0 Å². The number of hydrogen-bond acceptors (Lipinski definition) is 8. The third-order valence-electron chi connectivity index (χ3n) is 4.52. The van der Waals surface area contributed by atoms with Crippen molar-refractivity contribution < 1.29 is 32.4 Å². The van der Waals surface area contributed by atoms with Gasteiger partial charge in [0.05, 0.1) is 22.6 Å². The van der Waals surface area contributed by atoms with Crippen molar-refractivity contribution in [2.75, 3.05) is 19.0 Å². The van der Waals surface area contributed by atoms with Crippen LogP contribution in [0.4, 0.5) is 11.4 Å². The molecule has 0 aromatic heterocycles. The molecule has 0 radical (unpaired) electrons. The number of anilines is 1. The summed E-state index contributed by atoms with van der Waals surface area (Å²) in [5.41, 5.74) is 1.44. The number of non-ortho nitro benzene ring substituents is 1. The number of nitro benzene ring substituents is 1. The number of sulfonamides is 1. The zero-order chi connectivity index (χ0) is 24.1. The lowest BCUT2D eigenvalue weighted by molar-refractivity contribution is -0.384. The second kappa shape index (κ2) is 10.2. The number of nitrogens with one attached hydrogen (secondary N) is 2. The largest absolute Gasteiger partial charge is 0.495 e. The van der Waals surface area contributed by atoms with Gasteiger partial charge >= 0.3 is 5.97 Å². The van der Waals surface area contributed by atoms with Crippen molar-refractivity contribution in [3.8, 4) is 5.75 Å². The molecule has 0 spiro atoms. The third kappa shape index (κ3) is 6.25. The molecule has 1 amide bonds. The number of aryl methyl sites for hydroxylation is 2. The number of benzene rings is 2. The van der Waals surface area contributed by atoms with Crippen molar-refractivity contribution in [1.29, 1.82) is 0 Å². The monoisotopic (exact) mass is 465 g/mol. The van der Waals surface area contributed by atoms with Gasteiger partial charge in [0.15, 0.2) is 6.10 Å². The summed E-state index contributed by atoms with van der Waals surface area (Å²) in [6, 6.07) is 8.16. The van der Waals surface area contributed by atoms with Crippen molar-refractivity contribution in [3.63, 3.8) is 0 Å². The Labute approximate surface area is 184 Å². The molecule has 0 aliphatic carbocycles. The molecular formula is C20H23N3O8S. The van der Waals surface area contributed by atoms with E-state index in [0.29, 0.717) is 0 Å². The highest BCUT2D eigenvalue weighted by atomic mass is 32.2. The number of ether oxygens (including phenoxy) is 2. The Morgan fingerprint density at radius 1 is 1.12 bits per heavy atom. The first-order valence-electron chi connectivity index (χ1n) is 9.34. The Bertz CT molecular complexity index is 1150. The van der Waals surface area contributed by atoms with Crippen LogP contribution in [0.3, 0.4) is 0 Å². The van der Waals surface area contributed by atoms with Gasteiger partial charge in [0.2, 0.25) is 10.0 Å². The van der Waals surface area contributed by atoms with Gasteiger partial charge in [-0.3, -0.25) is 19.7 Å². The van der Waals surface area contributed by atoms with E-state index in [1.807, 2.05) is 6.92 Å².